The van der Waals surface area contributed by atoms with Crippen LogP contribution in [-0.4, -0.2) is 20.2 Å². The highest BCUT2D eigenvalue weighted by atomic mass is 19.1. The molecule has 0 fully saturated rings. The second-order valence-corrected chi connectivity index (χ2v) is 3.71. The lowest BCUT2D eigenvalue weighted by Crippen LogP contribution is -2.22. The van der Waals surface area contributed by atoms with E-state index < -0.39 is 0 Å². The van der Waals surface area contributed by atoms with Crippen molar-refractivity contribution < 1.29 is 9.13 Å². The Bertz CT molecular complexity index is 331. The molecule has 0 saturated carbocycles. The molecule has 1 atom stereocenters. The van der Waals surface area contributed by atoms with E-state index in [9.17, 15) is 4.39 Å². The first-order valence-corrected chi connectivity index (χ1v) is 5.46. The third kappa shape index (κ3) is 3.47. The van der Waals surface area contributed by atoms with Crippen molar-refractivity contribution in [1.29, 1.82) is 0 Å². The molecule has 0 spiro atoms. The molecule has 0 aliphatic rings. The van der Waals surface area contributed by atoms with Crippen molar-refractivity contribution in [2.24, 2.45) is 5.73 Å². The Kier molecular flexibility index (Phi) is 5.22. The SMILES string of the molecule is COc1ccc(C(C)NCCCN)cc1F. The Balaban J connectivity index is 2.62. The highest BCUT2D eigenvalue weighted by Gasteiger charge is 2.08. The van der Waals surface area contributed by atoms with E-state index in [-0.39, 0.29) is 17.6 Å². The van der Waals surface area contributed by atoms with Gasteiger partial charge in [0.15, 0.2) is 11.6 Å². The fourth-order valence-electron chi connectivity index (χ4n) is 1.49. The van der Waals surface area contributed by atoms with Crippen molar-refractivity contribution in [1.82, 2.24) is 5.32 Å². The van der Waals surface area contributed by atoms with Crippen molar-refractivity contribution in [2.45, 2.75) is 19.4 Å². The number of nitrogens with two attached hydrogens (primary N) is 1. The van der Waals surface area contributed by atoms with Gasteiger partial charge in [-0.25, -0.2) is 4.39 Å². The molecule has 0 bridgehead atoms. The molecule has 1 rings (SSSR count). The highest BCUT2D eigenvalue weighted by Crippen LogP contribution is 2.21. The van der Waals surface area contributed by atoms with Crippen molar-refractivity contribution in [2.75, 3.05) is 20.2 Å². The molecule has 3 N–H and O–H groups in total. The first-order chi connectivity index (χ1) is 7.69. The lowest BCUT2D eigenvalue weighted by Gasteiger charge is -2.14. The van der Waals surface area contributed by atoms with E-state index in [1.807, 2.05) is 13.0 Å². The van der Waals surface area contributed by atoms with Gasteiger partial charge in [-0.1, -0.05) is 6.07 Å². The number of hydrogen-bond acceptors (Lipinski definition) is 3. The maximum Gasteiger partial charge on any atom is 0.165 e. The van der Waals surface area contributed by atoms with Gasteiger partial charge in [0.1, 0.15) is 0 Å². The molecular weight excluding hydrogens is 207 g/mol. The number of rotatable bonds is 6. The molecule has 0 saturated heterocycles. The predicted molar refractivity (Wildman–Crippen MR) is 63.0 cm³/mol. The van der Waals surface area contributed by atoms with Crippen LogP contribution in [0.3, 0.4) is 0 Å². The molecule has 0 heterocycles. The first kappa shape index (κ1) is 12.9. The summed E-state index contributed by atoms with van der Waals surface area (Å²) in [4.78, 5) is 0. The zero-order chi connectivity index (χ0) is 12.0. The zero-order valence-corrected chi connectivity index (χ0v) is 9.79. The number of hydrogen-bond donors (Lipinski definition) is 2. The van der Waals surface area contributed by atoms with Gasteiger partial charge >= 0.3 is 0 Å². The van der Waals surface area contributed by atoms with Gasteiger partial charge in [-0.15, -0.1) is 0 Å². The number of nitrogens with one attached hydrogen (secondary N) is 1. The smallest absolute Gasteiger partial charge is 0.165 e. The van der Waals surface area contributed by atoms with Gasteiger partial charge in [0.05, 0.1) is 7.11 Å². The quantitative estimate of drug-likeness (QED) is 0.727. The Morgan fingerprint density at radius 3 is 2.81 bits per heavy atom. The molecule has 1 aromatic carbocycles. The molecule has 1 aromatic rings. The van der Waals surface area contributed by atoms with Crippen LogP contribution >= 0.6 is 0 Å². The summed E-state index contributed by atoms with van der Waals surface area (Å²) < 4.78 is 18.3. The highest BCUT2D eigenvalue weighted by molar-refractivity contribution is 5.30. The zero-order valence-electron chi connectivity index (χ0n) is 9.79. The van der Waals surface area contributed by atoms with E-state index >= 15 is 0 Å². The van der Waals surface area contributed by atoms with E-state index in [1.165, 1.54) is 13.2 Å². The van der Waals surface area contributed by atoms with Gasteiger partial charge in [0.2, 0.25) is 0 Å². The van der Waals surface area contributed by atoms with Crippen LogP contribution in [0.4, 0.5) is 4.39 Å². The van der Waals surface area contributed by atoms with Crippen molar-refractivity contribution in [3.8, 4) is 5.75 Å². The van der Waals surface area contributed by atoms with Crippen molar-refractivity contribution in [3.63, 3.8) is 0 Å². The molecule has 0 amide bonds. The van der Waals surface area contributed by atoms with Crippen LogP contribution < -0.4 is 15.8 Å². The summed E-state index contributed by atoms with van der Waals surface area (Å²) in [6.45, 7) is 3.50. The van der Waals surface area contributed by atoms with Crippen molar-refractivity contribution in [3.05, 3.63) is 29.6 Å². The molecular formula is C12H19FN2O. The van der Waals surface area contributed by atoms with Crippen LogP contribution in [0.1, 0.15) is 24.9 Å². The maximum atomic E-state index is 13.4. The summed E-state index contributed by atoms with van der Waals surface area (Å²) in [7, 11) is 1.46. The largest absolute Gasteiger partial charge is 0.494 e. The molecule has 3 nitrogen and oxygen atoms in total. The normalized spacial score (nSPS) is 12.5. The van der Waals surface area contributed by atoms with Crippen LogP contribution in [0, 0.1) is 5.82 Å². The van der Waals surface area contributed by atoms with Crippen LogP contribution in [0.25, 0.3) is 0 Å². The first-order valence-electron chi connectivity index (χ1n) is 5.46. The second kappa shape index (κ2) is 6.45. The van der Waals surface area contributed by atoms with E-state index in [0.717, 1.165) is 18.5 Å². The average Bonchev–Trinajstić information content (AvgIpc) is 2.29. The third-order valence-electron chi connectivity index (χ3n) is 2.51. The van der Waals surface area contributed by atoms with Crippen LogP contribution in [0.15, 0.2) is 18.2 Å². The molecule has 90 valence electrons. The third-order valence-corrected chi connectivity index (χ3v) is 2.51. The molecule has 4 heteroatoms. The Morgan fingerprint density at radius 1 is 1.50 bits per heavy atom. The molecule has 1 unspecified atom stereocenters. The topological polar surface area (TPSA) is 47.3 Å². The van der Waals surface area contributed by atoms with Gasteiger partial charge in [-0.2, -0.15) is 0 Å². The van der Waals surface area contributed by atoms with E-state index in [0.29, 0.717) is 6.54 Å². The maximum absolute atomic E-state index is 13.4. The molecule has 16 heavy (non-hydrogen) atoms. The fraction of sp³-hybridized carbons (Fsp3) is 0.500. The van der Waals surface area contributed by atoms with Crippen LogP contribution in [0.5, 0.6) is 5.75 Å². The van der Waals surface area contributed by atoms with Gasteiger partial charge in [0.25, 0.3) is 0 Å². The molecule has 0 aromatic heterocycles. The summed E-state index contributed by atoms with van der Waals surface area (Å²) in [5.41, 5.74) is 6.31. The minimum Gasteiger partial charge on any atom is -0.494 e. The van der Waals surface area contributed by atoms with E-state index in [1.54, 1.807) is 6.07 Å². The van der Waals surface area contributed by atoms with Gasteiger partial charge in [-0.05, 0) is 44.1 Å². The second-order valence-electron chi connectivity index (χ2n) is 3.71. The van der Waals surface area contributed by atoms with E-state index in [2.05, 4.69) is 5.32 Å². The van der Waals surface area contributed by atoms with Gasteiger partial charge < -0.3 is 15.8 Å². The summed E-state index contributed by atoms with van der Waals surface area (Å²) >= 11 is 0. The number of benzene rings is 1. The summed E-state index contributed by atoms with van der Waals surface area (Å²) in [6, 6.07) is 5.12. The molecule has 0 aliphatic carbocycles. The summed E-state index contributed by atoms with van der Waals surface area (Å²) in [5.74, 6) is -0.0506. The lowest BCUT2D eigenvalue weighted by atomic mass is 10.1. The predicted octanol–water partition coefficient (Wildman–Crippen LogP) is 1.83. The lowest BCUT2D eigenvalue weighted by molar-refractivity contribution is 0.385. The Hall–Kier alpha value is -1.13. The van der Waals surface area contributed by atoms with E-state index in [4.69, 9.17) is 10.5 Å². The number of methoxy groups -OCH3 is 1. The number of halogens is 1. The minimum atomic E-state index is -0.326. The number of ether oxygens (including phenoxy) is 1. The average molecular weight is 226 g/mol. The summed E-state index contributed by atoms with van der Waals surface area (Å²) in [5, 5.41) is 3.28. The Morgan fingerprint density at radius 2 is 2.25 bits per heavy atom. The fourth-order valence-corrected chi connectivity index (χ4v) is 1.49. The summed E-state index contributed by atoms with van der Waals surface area (Å²) in [6.07, 6.45) is 0.920. The van der Waals surface area contributed by atoms with Crippen LogP contribution in [0.2, 0.25) is 0 Å². The van der Waals surface area contributed by atoms with Crippen molar-refractivity contribution >= 4 is 0 Å². The molecule has 0 radical (unpaired) electrons. The minimum absolute atomic E-state index is 0.118. The Labute approximate surface area is 95.8 Å². The van der Waals surface area contributed by atoms with Crippen LogP contribution in [-0.2, 0) is 0 Å². The monoisotopic (exact) mass is 226 g/mol. The standard InChI is InChI=1S/C12H19FN2O/c1-9(15-7-3-6-14)10-4-5-12(16-2)11(13)8-10/h4-5,8-9,15H,3,6-7,14H2,1-2H3. The molecule has 0 aliphatic heterocycles. The van der Waals surface area contributed by atoms with Gasteiger partial charge in [-0.3, -0.25) is 0 Å². The van der Waals surface area contributed by atoms with Gasteiger partial charge in [0, 0.05) is 6.04 Å².